The molecule has 1 aliphatic carbocycles. The summed E-state index contributed by atoms with van der Waals surface area (Å²) in [5, 5.41) is 90.8. The Labute approximate surface area is 298 Å². The summed E-state index contributed by atoms with van der Waals surface area (Å²) >= 11 is 0. The summed E-state index contributed by atoms with van der Waals surface area (Å²) in [6.07, 6.45) is -15.3. The first-order valence-corrected chi connectivity index (χ1v) is 17.0. The Morgan fingerprint density at radius 1 is 0.788 bits per heavy atom. The number of fused-ring (bicyclic) bond motifs is 1. The van der Waals surface area contributed by atoms with Crippen LogP contribution in [0.15, 0.2) is 36.3 Å². The van der Waals surface area contributed by atoms with Gasteiger partial charge in [-0.05, 0) is 12.8 Å². The van der Waals surface area contributed by atoms with Gasteiger partial charge in [-0.2, -0.15) is 0 Å². The van der Waals surface area contributed by atoms with Gasteiger partial charge >= 0.3 is 11.9 Å². The van der Waals surface area contributed by atoms with E-state index in [0.717, 1.165) is 12.5 Å². The molecule has 19 nitrogen and oxygen atoms in total. The van der Waals surface area contributed by atoms with Crippen LogP contribution in [0.2, 0.25) is 0 Å². The van der Waals surface area contributed by atoms with Crippen LogP contribution in [0.3, 0.4) is 0 Å². The topological polar surface area (TPSA) is 290 Å². The number of aliphatic hydroxyl groups is 9. The minimum absolute atomic E-state index is 0.00350. The van der Waals surface area contributed by atoms with Crippen LogP contribution >= 0.6 is 0 Å². The van der Waals surface area contributed by atoms with Gasteiger partial charge in [0.05, 0.1) is 44.0 Å². The minimum atomic E-state index is -1.73. The van der Waals surface area contributed by atoms with Crippen molar-refractivity contribution in [2.45, 2.75) is 99.9 Å². The molecule has 0 aromatic rings. The third kappa shape index (κ3) is 7.74. The minimum Gasteiger partial charge on any atom is -0.472 e. The summed E-state index contributed by atoms with van der Waals surface area (Å²) in [6, 6.07) is 0. The first-order chi connectivity index (χ1) is 24.8. The van der Waals surface area contributed by atoms with Gasteiger partial charge in [0.25, 0.3) is 0 Å². The van der Waals surface area contributed by atoms with Crippen molar-refractivity contribution in [1.82, 2.24) is 0 Å². The molecular weight excluding hydrogens is 700 g/mol. The summed E-state index contributed by atoms with van der Waals surface area (Å²) in [5.74, 6) is -5.09. The number of hydrogen-bond donors (Lipinski definition) is 9. The maximum Gasteiger partial charge on any atom is 0.337 e. The van der Waals surface area contributed by atoms with Gasteiger partial charge in [0.2, 0.25) is 12.6 Å². The van der Waals surface area contributed by atoms with E-state index in [4.69, 9.17) is 37.9 Å². The summed E-state index contributed by atoms with van der Waals surface area (Å²) in [4.78, 5) is 26.6. The lowest BCUT2D eigenvalue weighted by atomic mass is 9.81. The van der Waals surface area contributed by atoms with Gasteiger partial charge in [0.1, 0.15) is 54.9 Å². The van der Waals surface area contributed by atoms with Crippen molar-refractivity contribution in [3.05, 3.63) is 36.3 Å². The van der Waals surface area contributed by atoms with Crippen LogP contribution in [0.4, 0.5) is 0 Å². The molecular formula is C33H48O19. The number of aliphatic hydroxyl groups excluding tert-OH is 9. The molecule has 0 spiro atoms. The van der Waals surface area contributed by atoms with E-state index >= 15 is 0 Å². The number of methoxy groups -OCH3 is 1. The number of carbonyl (C=O) groups excluding carboxylic acids is 2. The number of carbonyl (C=O) groups is 2. The van der Waals surface area contributed by atoms with Crippen molar-refractivity contribution in [2.75, 3.05) is 26.9 Å². The van der Waals surface area contributed by atoms with Crippen LogP contribution in [-0.4, -0.2) is 165 Å². The molecule has 9 N–H and O–H groups in total. The largest absolute Gasteiger partial charge is 0.472 e. The zero-order valence-corrected chi connectivity index (χ0v) is 28.5. The molecule has 52 heavy (non-hydrogen) atoms. The molecule has 0 amide bonds. The lowest BCUT2D eigenvalue weighted by Gasteiger charge is -2.43. The molecule has 4 aliphatic heterocycles. The van der Waals surface area contributed by atoms with Gasteiger partial charge in [0.15, 0.2) is 12.6 Å². The Morgan fingerprint density at radius 3 is 1.85 bits per heavy atom. The molecule has 18 unspecified atom stereocenters. The highest BCUT2D eigenvalue weighted by atomic mass is 16.8. The van der Waals surface area contributed by atoms with Crippen LogP contribution < -0.4 is 0 Å². The highest BCUT2D eigenvalue weighted by Crippen LogP contribution is 2.49. The third-order valence-corrected chi connectivity index (χ3v) is 10.6. The summed E-state index contributed by atoms with van der Waals surface area (Å²) in [7, 11) is 1.19. The van der Waals surface area contributed by atoms with E-state index in [2.05, 4.69) is 6.58 Å². The maximum atomic E-state index is 13.8. The van der Waals surface area contributed by atoms with E-state index in [0.29, 0.717) is 0 Å². The summed E-state index contributed by atoms with van der Waals surface area (Å²) < 4.78 is 45.1. The Hall–Kier alpha value is -2.76. The number of hydrogen-bond acceptors (Lipinski definition) is 19. The van der Waals surface area contributed by atoms with E-state index in [1.165, 1.54) is 13.2 Å². The Bertz CT molecular complexity index is 1320. The van der Waals surface area contributed by atoms with E-state index in [9.17, 15) is 55.5 Å². The van der Waals surface area contributed by atoms with Gasteiger partial charge in [-0.25, -0.2) is 9.59 Å². The molecule has 0 aromatic carbocycles. The standard InChI is InChI=1S/C33H48O19/c1-4-13-14(5-6-34)16(10-46-30(13)51-32-26(41)24(39)22(37)19(8-35)49-32)29(44)48-18-7-15-17(28(43)45-3)11-47-31(21(15)12(18)2)52-33-27(42)25(40)23(38)20(9-36)50-33/h4,10-15,18-27,30-42H,1,5-9H2,2-3H3. The van der Waals surface area contributed by atoms with Crippen molar-refractivity contribution in [1.29, 1.82) is 0 Å². The average molecular weight is 749 g/mol. The van der Waals surface area contributed by atoms with Crippen molar-refractivity contribution >= 4 is 11.9 Å². The smallest absolute Gasteiger partial charge is 0.337 e. The molecule has 5 rings (SSSR count). The second kappa shape index (κ2) is 17.1. The molecule has 0 aromatic heterocycles. The normalized spacial score (nSPS) is 44.7. The molecule has 3 fully saturated rings. The molecule has 5 aliphatic rings. The van der Waals surface area contributed by atoms with E-state index < -0.39 is 135 Å². The SMILES string of the molecule is C=CC1C(OC2OC(CO)C(O)C(O)C2O)OC=C(C(=O)OC2CC3C(C(=O)OC)=COC(OC4OC(CO)C(O)C(O)C4O)C3C2C)C1CCO. The fourth-order valence-electron chi connectivity index (χ4n) is 7.55. The van der Waals surface area contributed by atoms with Crippen LogP contribution in [0, 0.1) is 29.6 Å². The van der Waals surface area contributed by atoms with Gasteiger partial charge in [-0.1, -0.05) is 13.0 Å². The van der Waals surface area contributed by atoms with Crippen LogP contribution in [0.1, 0.15) is 19.8 Å². The van der Waals surface area contributed by atoms with Crippen LogP contribution in [0.5, 0.6) is 0 Å². The number of ether oxygens (including phenoxy) is 8. The number of rotatable bonds is 12. The summed E-state index contributed by atoms with van der Waals surface area (Å²) in [6.45, 7) is 3.78. The zero-order valence-electron chi connectivity index (χ0n) is 28.5. The molecule has 294 valence electrons. The first kappa shape index (κ1) is 40.4. The molecule has 0 radical (unpaired) electrons. The fourth-order valence-corrected chi connectivity index (χ4v) is 7.55. The zero-order chi connectivity index (χ0) is 38.0. The van der Waals surface area contributed by atoms with Gasteiger partial charge in [-0.15, -0.1) is 6.58 Å². The van der Waals surface area contributed by atoms with Crippen molar-refractivity contribution < 1.29 is 93.4 Å². The fraction of sp³-hybridized carbons (Fsp3) is 0.758. The lowest BCUT2D eigenvalue weighted by Crippen LogP contribution is -2.60. The average Bonchev–Trinajstić information content (AvgIpc) is 3.47. The Kier molecular flexibility index (Phi) is 13.3. The summed E-state index contributed by atoms with van der Waals surface area (Å²) in [5.41, 5.74) is 0.133. The van der Waals surface area contributed by atoms with E-state index in [1.54, 1.807) is 6.92 Å². The van der Waals surface area contributed by atoms with Crippen LogP contribution in [0.25, 0.3) is 0 Å². The quantitative estimate of drug-likeness (QED) is 0.0684. The lowest BCUT2D eigenvalue weighted by molar-refractivity contribution is -0.342. The maximum absolute atomic E-state index is 13.8. The highest BCUT2D eigenvalue weighted by molar-refractivity contribution is 5.90. The van der Waals surface area contributed by atoms with Crippen molar-refractivity contribution in [2.24, 2.45) is 29.6 Å². The Morgan fingerprint density at radius 2 is 1.33 bits per heavy atom. The van der Waals surface area contributed by atoms with E-state index in [-0.39, 0.29) is 30.6 Å². The van der Waals surface area contributed by atoms with Gasteiger partial charge in [-0.3, -0.25) is 0 Å². The highest BCUT2D eigenvalue weighted by Gasteiger charge is 2.55. The molecule has 4 heterocycles. The predicted molar refractivity (Wildman–Crippen MR) is 167 cm³/mol. The molecule has 0 bridgehead atoms. The van der Waals surface area contributed by atoms with Gasteiger partial charge < -0.3 is 83.9 Å². The molecule has 19 heteroatoms. The van der Waals surface area contributed by atoms with Crippen LogP contribution in [-0.2, 0) is 47.5 Å². The van der Waals surface area contributed by atoms with Crippen molar-refractivity contribution in [3.8, 4) is 0 Å². The van der Waals surface area contributed by atoms with E-state index in [1.807, 2.05) is 0 Å². The molecule has 2 saturated heterocycles. The van der Waals surface area contributed by atoms with Gasteiger partial charge in [0, 0.05) is 36.2 Å². The Balaban J connectivity index is 1.33. The van der Waals surface area contributed by atoms with Crippen molar-refractivity contribution in [3.63, 3.8) is 0 Å². The monoisotopic (exact) mass is 748 g/mol. The second-order valence-electron chi connectivity index (χ2n) is 13.5. The first-order valence-electron chi connectivity index (χ1n) is 17.0. The predicted octanol–water partition coefficient (Wildman–Crippen LogP) is -3.74. The number of esters is 2. The molecule has 18 atom stereocenters. The second-order valence-corrected chi connectivity index (χ2v) is 13.5. The third-order valence-electron chi connectivity index (χ3n) is 10.6. The molecule has 1 saturated carbocycles.